The number of halogens is 1. The molecular weight excluding hydrogens is 225 g/mol. The smallest absolute Gasteiger partial charge is 0.130 e. The van der Waals surface area contributed by atoms with E-state index in [1.807, 2.05) is 6.07 Å². The van der Waals surface area contributed by atoms with Crippen LogP contribution < -0.4 is 5.73 Å². The SMILES string of the molecule is NCC1(c2ccc3c(c2F)CCCC3)CCCC1. The molecule has 1 aromatic rings. The van der Waals surface area contributed by atoms with Gasteiger partial charge in [0, 0.05) is 12.0 Å². The van der Waals surface area contributed by atoms with Gasteiger partial charge in [0.1, 0.15) is 5.82 Å². The molecule has 2 aliphatic rings. The van der Waals surface area contributed by atoms with Crippen LogP contribution in [-0.4, -0.2) is 6.54 Å². The van der Waals surface area contributed by atoms with Crippen LogP contribution >= 0.6 is 0 Å². The normalized spacial score (nSPS) is 21.9. The molecule has 2 N–H and O–H groups in total. The molecule has 2 heteroatoms. The number of rotatable bonds is 2. The first-order valence-electron chi connectivity index (χ1n) is 7.28. The zero-order chi connectivity index (χ0) is 12.6. The van der Waals surface area contributed by atoms with Crippen LogP contribution in [0.15, 0.2) is 12.1 Å². The summed E-state index contributed by atoms with van der Waals surface area (Å²) in [6, 6.07) is 4.18. The molecule has 0 radical (unpaired) electrons. The third-order valence-corrected chi connectivity index (χ3v) is 4.99. The Morgan fingerprint density at radius 2 is 1.78 bits per heavy atom. The van der Waals surface area contributed by atoms with Gasteiger partial charge in [0.25, 0.3) is 0 Å². The van der Waals surface area contributed by atoms with Gasteiger partial charge in [-0.15, -0.1) is 0 Å². The van der Waals surface area contributed by atoms with Crippen molar-refractivity contribution in [3.63, 3.8) is 0 Å². The average Bonchev–Trinajstić information content (AvgIpc) is 2.89. The molecule has 0 aliphatic heterocycles. The van der Waals surface area contributed by atoms with Crippen molar-refractivity contribution in [3.8, 4) is 0 Å². The van der Waals surface area contributed by atoms with E-state index in [2.05, 4.69) is 6.07 Å². The first-order valence-corrected chi connectivity index (χ1v) is 7.28. The summed E-state index contributed by atoms with van der Waals surface area (Å²) in [4.78, 5) is 0. The third-order valence-electron chi connectivity index (χ3n) is 4.99. The van der Waals surface area contributed by atoms with E-state index in [0.717, 1.165) is 43.2 Å². The van der Waals surface area contributed by atoms with Crippen LogP contribution in [0.1, 0.15) is 55.2 Å². The highest BCUT2D eigenvalue weighted by molar-refractivity contribution is 5.40. The fourth-order valence-corrected chi connectivity index (χ4v) is 3.83. The summed E-state index contributed by atoms with van der Waals surface area (Å²) in [7, 11) is 0. The number of aryl methyl sites for hydroxylation is 1. The van der Waals surface area contributed by atoms with Crippen molar-refractivity contribution in [2.24, 2.45) is 5.73 Å². The highest BCUT2D eigenvalue weighted by atomic mass is 19.1. The number of fused-ring (bicyclic) bond motifs is 1. The van der Waals surface area contributed by atoms with Gasteiger partial charge in [0.2, 0.25) is 0 Å². The Morgan fingerprint density at radius 3 is 2.50 bits per heavy atom. The van der Waals surface area contributed by atoms with Crippen molar-refractivity contribution < 1.29 is 4.39 Å². The summed E-state index contributed by atoms with van der Waals surface area (Å²) in [5.74, 6) is 0.0690. The van der Waals surface area contributed by atoms with E-state index in [0.29, 0.717) is 6.54 Å². The van der Waals surface area contributed by atoms with Gasteiger partial charge in [0.05, 0.1) is 0 Å². The lowest BCUT2D eigenvalue weighted by Crippen LogP contribution is -2.33. The Kier molecular flexibility index (Phi) is 3.14. The Hall–Kier alpha value is -0.890. The highest BCUT2D eigenvalue weighted by Gasteiger charge is 2.37. The zero-order valence-corrected chi connectivity index (χ0v) is 11.0. The predicted octanol–water partition coefficient (Wildman–Crippen LogP) is 3.48. The maximum atomic E-state index is 14.8. The molecule has 1 aromatic carbocycles. The van der Waals surface area contributed by atoms with Gasteiger partial charge in [-0.2, -0.15) is 0 Å². The van der Waals surface area contributed by atoms with Gasteiger partial charge in [-0.1, -0.05) is 25.0 Å². The molecule has 0 aromatic heterocycles. The van der Waals surface area contributed by atoms with Crippen molar-refractivity contribution in [3.05, 3.63) is 34.6 Å². The average molecular weight is 247 g/mol. The van der Waals surface area contributed by atoms with E-state index in [1.165, 1.54) is 24.8 Å². The van der Waals surface area contributed by atoms with E-state index in [1.54, 1.807) is 0 Å². The monoisotopic (exact) mass is 247 g/mol. The number of nitrogens with two attached hydrogens (primary N) is 1. The lowest BCUT2D eigenvalue weighted by atomic mass is 9.76. The molecule has 3 rings (SSSR count). The van der Waals surface area contributed by atoms with Crippen molar-refractivity contribution in [1.29, 1.82) is 0 Å². The molecule has 1 saturated carbocycles. The van der Waals surface area contributed by atoms with Gasteiger partial charge in [-0.3, -0.25) is 0 Å². The van der Waals surface area contributed by atoms with Crippen molar-refractivity contribution in [1.82, 2.24) is 0 Å². The Balaban J connectivity index is 2.07. The molecule has 0 atom stereocenters. The fraction of sp³-hybridized carbons (Fsp3) is 0.625. The number of benzene rings is 1. The van der Waals surface area contributed by atoms with Gasteiger partial charge < -0.3 is 5.73 Å². The van der Waals surface area contributed by atoms with Crippen LogP contribution in [-0.2, 0) is 18.3 Å². The van der Waals surface area contributed by atoms with Gasteiger partial charge in [-0.05, 0) is 55.2 Å². The summed E-state index contributed by atoms with van der Waals surface area (Å²) in [6.45, 7) is 0.586. The van der Waals surface area contributed by atoms with Gasteiger partial charge >= 0.3 is 0 Å². The van der Waals surface area contributed by atoms with E-state index in [4.69, 9.17) is 5.73 Å². The Bertz CT molecular complexity index is 447. The van der Waals surface area contributed by atoms with Gasteiger partial charge in [0.15, 0.2) is 0 Å². The van der Waals surface area contributed by atoms with Crippen LogP contribution in [0.3, 0.4) is 0 Å². The first kappa shape index (κ1) is 12.2. The molecule has 1 nitrogen and oxygen atoms in total. The largest absolute Gasteiger partial charge is 0.330 e. The molecule has 0 saturated heterocycles. The summed E-state index contributed by atoms with van der Waals surface area (Å²) < 4.78 is 14.8. The zero-order valence-electron chi connectivity index (χ0n) is 11.0. The van der Waals surface area contributed by atoms with E-state index >= 15 is 0 Å². The van der Waals surface area contributed by atoms with Crippen molar-refractivity contribution in [2.75, 3.05) is 6.54 Å². The summed E-state index contributed by atoms with van der Waals surface area (Å²) >= 11 is 0. The standard InChI is InChI=1S/C16H22FN/c17-15-13-6-2-1-5-12(13)7-8-14(15)16(11-18)9-3-4-10-16/h7-8H,1-6,9-11,18H2. The van der Waals surface area contributed by atoms with Crippen molar-refractivity contribution >= 4 is 0 Å². The van der Waals surface area contributed by atoms with Gasteiger partial charge in [-0.25, -0.2) is 4.39 Å². The maximum Gasteiger partial charge on any atom is 0.130 e. The predicted molar refractivity (Wildman–Crippen MR) is 72.2 cm³/mol. The summed E-state index contributed by atoms with van der Waals surface area (Å²) in [5, 5.41) is 0. The summed E-state index contributed by atoms with van der Waals surface area (Å²) in [6.07, 6.45) is 8.77. The lowest BCUT2D eigenvalue weighted by Gasteiger charge is -2.30. The van der Waals surface area contributed by atoms with Crippen LogP contribution in [0.25, 0.3) is 0 Å². The molecule has 98 valence electrons. The Labute approximate surface area is 109 Å². The van der Waals surface area contributed by atoms with E-state index < -0.39 is 0 Å². The second-order valence-corrected chi connectivity index (χ2v) is 5.96. The molecule has 18 heavy (non-hydrogen) atoms. The van der Waals surface area contributed by atoms with Crippen LogP contribution in [0.2, 0.25) is 0 Å². The molecule has 0 amide bonds. The minimum absolute atomic E-state index is 0.0690. The minimum atomic E-state index is -0.0729. The third kappa shape index (κ3) is 1.78. The fourth-order valence-electron chi connectivity index (χ4n) is 3.83. The number of hydrogen-bond donors (Lipinski definition) is 1. The highest BCUT2D eigenvalue weighted by Crippen LogP contribution is 2.42. The molecule has 1 fully saturated rings. The van der Waals surface area contributed by atoms with Crippen LogP contribution in [0.4, 0.5) is 4.39 Å². The summed E-state index contributed by atoms with van der Waals surface area (Å²) in [5.41, 5.74) is 9.03. The maximum absolute atomic E-state index is 14.8. The second kappa shape index (κ2) is 4.65. The molecule has 0 unspecified atom stereocenters. The lowest BCUT2D eigenvalue weighted by molar-refractivity contribution is 0.421. The molecule has 0 spiro atoms. The molecule has 0 heterocycles. The van der Waals surface area contributed by atoms with E-state index in [-0.39, 0.29) is 11.2 Å². The Morgan fingerprint density at radius 1 is 1.06 bits per heavy atom. The quantitative estimate of drug-likeness (QED) is 0.850. The molecule has 2 aliphatic carbocycles. The number of hydrogen-bond acceptors (Lipinski definition) is 1. The molecular formula is C16H22FN. The molecule has 0 bridgehead atoms. The van der Waals surface area contributed by atoms with Crippen LogP contribution in [0.5, 0.6) is 0 Å². The minimum Gasteiger partial charge on any atom is -0.330 e. The topological polar surface area (TPSA) is 26.0 Å². The second-order valence-electron chi connectivity index (χ2n) is 5.96. The van der Waals surface area contributed by atoms with Crippen molar-refractivity contribution in [2.45, 2.75) is 56.8 Å². The van der Waals surface area contributed by atoms with Crippen LogP contribution in [0, 0.1) is 5.82 Å². The van der Waals surface area contributed by atoms with E-state index in [9.17, 15) is 4.39 Å². The first-order chi connectivity index (χ1) is 8.77.